The van der Waals surface area contributed by atoms with E-state index in [0.29, 0.717) is 0 Å². The zero-order valence-electron chi connectivity index (χ0n) is 11.4. The van der Waals surface area contributed by atoms with Crippen molar-refractivity contribution < 1.29 is 0 Å². The molecule has 4 unspecified atom stereocenters. The first kappa shape index (κ1) is 12.5. The molecule has 3 aliphatic rings. The molecule has 3 rings (SSSR count). The van der Waals surface area contributed by atoms with Gasteiger partial charge in [0, 0.05) is 0 Å². The van der Waals surface area contributed by atoms with Gasteiger partial charge in [0.05, 0.1) is 0 Å². The summed E-state index contributed by atoms with van der Waals surface area (Å²) in [6, 6.07) is 0. The van der Waals surface area contributed by atoms with E-state index < -0.39 is 0 Å². The number of rotatable bonds is 0. The number of hydrogen-bond donors (Lipinski definition) is 0. The molecular weight excluding hydrogens is 192 g/mol. The van der Waals surface area contributed by atoms with Crippen molar-refractivity contribution >= 4 is 0 Å². The lowest BCUT2D eigenvalue weighted by Crippen LogP contribution is -2.35. The van der Waals surface area contributed by atoms with Gasteiger partial charge in [-0.1, -0.05) is 65.2 Å². The second-order valence-electron chi connectivity index (χ2n) is 6.08. The second kappa shape index (κ2) is 6.07. The van der Waals surface area contributed by atoms with E-state index in [0.717, 1.165) is 23.7 Å². The Kier molecular flexibility index (Phi) is 4.73. The molecule has 0 aromatic heterocycles. The molecule has 0 saturated heterocycles. The van der Waals surface area contributed by atoms with Crippen LogP contribution in [0.25, 0.3) is 0 Å². The molecule has 3 saturated carbocycles. The van der Waals surface area contributed by atoms with E-state index in [1.165, 1.54) is 0 Å². The molecule has 0 amide bonds. The maximum atomic E-state index is 2.00. The predicted octanol–water partition coefficient (Wildman–Crippen LogP) is 5.42. The van der Waals surface area contributed by atoms with E-state index in [-0.39, 0.29) is 0 Å². The normalized spacial score (nSPS) is 42.4. The van der Waals surface area contributed by atoms with Crippen molar-refractivity contribution in [1.82, 2.24) is 0 Å². The number of fused-ring (bicyclic) bond motifs is 2. The van der Waals surface area contributed by atoms with Gasteiger partial charge in [0.1, 0.15) is 0 Å². The van der Waals surface area contributed by atoms with E-state index in [2.05, 4.69) is 0 Å². The van der Waals surface area contributed by atoms with Crippen molar-refractivity contribution in [3.63, 3.8) is 0 Å². The molecule has 4 atom stereocenters. The van der Waals surface area contributed by atoms with Crippen LogP contribution in [0.15, 0.2) is 0 Å². The topological polar surface area (TPSA) is 0 Å². The Morgan fingerprint density at radius 1 is 0.500 bits per heavy atom. The van der Waals surface area contributed by atoms with Crippen molar-refractivity contribution in [2.45, 2.75) is 78.1 Å². The lowest BCUT2D eigenvalue weighted by molar-refractivity contribution is 0.0520. The van der Waals surface area contributed by atoms with Crippen LogP contribution in [0.2, 0.25) is 0 Å². The van der Waals surface area contributed by atoms with Gasteiger partial charge in [-0.15, -0.1) is 0 Å². The molecule has 0 nitrogen and oxygen atoms in total. The summed E-state index contributed by atoms with van der Waals surface area (Å²) in [6.45, 7) is 4.00. The lowest BCUT2D eigenvalue weighted by atomic mass is 9.60. The van der Waals surface area contributed by atoms with Crippen molar-refractivity contribution in [1.29, 1.82) is 0 Å². The van der Waals surface area contributed by atoms with Crippen LogP contribution in [0.1, 0.15) is 78.1 Å². The summed E-state index contributed by atoms with van der Waals surface area (Å²) in [4.78, 5) is 0. The Labute approximate surface area is 102 Å². The van der Waals surface area contributed by atoms with Gasteiger partial charge in [0.15, 0.2) is 0 Å². The van der Waals surface area contributed by atoms with Gasteiger partial charge in [-0.25, -0.2) is 0 Å². The summed E-state index contributed by atoms with van der Waals surface area (Å²) in [7, 11) is 0. The lowest BCUT2D eigenvalue weighted by Gasteiger charge is -2.46. The monoisotopic (exact) mass is 222 g/mol. The second-order valence-corrected chi connectivity index (χ2v) is 6.08. The van der Waals surface area contributed by atoms with Gasteiger partial charge in [-0.2, -0.15) is 0 Å². The van der Waals surface area contributed by atoms with Gasteiger partial charge in [0.2, 0.25) is 0 Å². The third-order valence-electron chi connectivity index (χ3n) is 5.34. The first-order chi connectivity index (χ1) is 7.93. The van der Waals surface area contributed by atoms with Gasteiger partial charge in [-0.05, 0) is 36.5 Å². The highest BCUT2D eigenvalue weighted by Gasteiger charge is 2.38. The third kappa shape index (κ3) is 2.63. The van der Waals surface area contributed by atoms with E-state index in [1.807, 2.05) is 13.8 Å². The Morgan fingerprint density at radius 3 is 1.00 bits per heavy atom. The smallest absolute Gasteiger partial charge is 0.0383 e. The van der Waals surface area contributed by atoms with Crippen LogP contribution in [0, 0.1) is 23.7 Å². The average Bonchev–Trinajstić information content (AvgIpc) is 2.38. The van der Waals surface area contributed by atoms with Gasteiger partial charge in [0.25, 0.3) is 0 Å². The summed E-state index contributed by atoms with van der Waals surface area (Å²) in [6.07, 6.45) is 15.7. The zero-order valence-corrected chi connectivity index (χ0v) is 11.4. The molecule has 3 fully saturated rings. The average molecular weight is 222 g/mol. The molecule has 16 heavy (non-hydrogen) atoms. The molecule has 3 aliphatic carbocycles. The molecule has 0 aromatic rings. The fraction of sp³-hybridized carbons (Fsp3) is 1.00. The van der Waals surface area contributed by atoms with Crippen molar-refractivity contribution in [3.05, 3.63) is 0 Å². The minimum absolute atomic E-state index is 1.16. The minimum Gasteiger partial charge on any atom is -0.0683 e. The maximum absolute atomic E-state index is 2.00. The van der Waals surface area contributed by atoms with E-state index in [1.54, 1.807) is 64.2 Å². The quantitative estimate of drug-likeness (QED) is 0.513. The van der Waals surface area contributed by atoms with Crippen LogP contribution >= 0.6 is 0 Å². The molecule has 0 heterocycles. The maximum Gasteiger partial charge on any atom is -0.0383 e. The summed E-state index contributed by atoms with van der Waals surface area (Å²) in [5.74, 6) is 4.62. The Bertz CT molecular complexity index is 154. The van der Waals surface area contributed by atoms with Crippen molar-refractivity contribution in [2.75, 3.05) is 0 Å². The Morgan fingerprint density at radius 2 is 0.750 bits per heavy atom. The fourth-order valence-corrected chi connectivity index (χ4v) is 4.59. The standard InChI is InChI=1S/C14H24.C2H6/c1-2-6-12-10-14-8-4-3-7-13(14)9-11(12)5-1;1-2/h11-14H,1-10H2;1-2H3. The highest BCUT2D eigenvalue weighted by atomic mass is 14.4. The van der Waals surface area contributed by atoms with Gasteiger partial charge < -0.3 is 0 Å². The minimum atomic E-state index is 1.16. The molecular formula is C16H30. The van der Waals surface area contributed by atoms with Gasteiger partial charge >= 0.3 is 0 Å². The number of hydrogen-bond acceptors (Lipinski definition) is 0. The van der Waals surface area contributed by atoms with E-state index in [9.17, 15) is 0 Å². The van der Waals surface area contributed by atoms with Crippen LogP contribution in [0.5, 0.6) is 0 Å². The molecule has 0 aliphatic heterocycles. The van der Waals surface area contributed by atoms with Gasteiger partial charge in [-0.3, -0.25) is 0 Å². The summed E-state index contributed by atoms with van der Waals surface area (Å²) in [5, 5.41) is 0. The van der Waals surface area contributed by atoms with Crippen LogP contribution < -0.4 is 0 Å². The van der Waals surface area contributed by atoms with Crippen LogP contribution in [0.4, 0.5) is 0 Å². The summed E-state index contributed by atoms with van der Waals surface area (Å²) < 4.78 is 0. The first-order valence-electron chi connectivity index (χ1n) is 7.93. The van der Waals surface area contributed by atoms with E-state index >= 15 is 0 Å². The molecule has 0 bridgehead atoms. The molecule has 0 N–H and O–H groups in total. The first-order valence-corrected chi connectivity index (χ1v) is 7.93. The SMILES string of the molecule is C1CCC2CC3CCCCC3CC2C1.CC. The highest BCUT2D eigenvalue weighted by Crippen LogP contribution is 2.49. The van der Waals surface area contributed by atoms with Crippen molar-refractivity contribution in [2.24, 2.45) is 23.7 Å². The van der Waals surface area contributed by atoms with Crippen LogP contribution in [-0.4, -0.2) is 0 Å². The summed E-state index contributed by atoms with van der Waals surface area (Å²) in [5.41, 5.74) is 0. The van der Waals surface area contributed by atoms with E-state index in [4.69, 9.17) is 0 Å². The summed E-state index contributed by atoms with van der Waals surface area (Å²) >= 11 is 0. The molecule has 0 aromatic carbocycles. The Balaban J connectivity index is 0.000000457. The van der Waals surface area contributed by atoms with Crippen molar-refractivity contribution in [3.8, 4) is 0 Å². The highest BCUT2D eigenvalue weighted by molar-refractivity contribution is 4.89. The molecule has 0 radical (unpaired) electrons. The van der Waals surface area contributed by atoms with Crippen LogP contribution in [-0.2, 0) is 0 Å². The zero-order chi connectivity index (χ0) is 11.4. The molecule has 0 heteroatoms. The molecule has 94 valence electrons. The Hall–Kier alpha value is 0. The molecule has 0 spiro atoms. The largest absolute Gasteiger partial charge is 0.0683 e. The third-order valence-corrected chi connectivity index (χ3v) is 5.34. The van der Waals surface area contributed by atoms with Crippen LogP contribution in [0.3, 0.4) is 0 Å². The predicted molar refractivity (Wildman–Crippen MR) is 71.5 cm³/mol. The fourth-order valence-electron chi connectivity index (χ4n) is 4.59.